The highest BCUT2D eigenvalue weighted by Crippen LogP contribution is 2.33. The summed E-state index contributed by atoms with van der Waals surface area (Å²) in [6.07, 6.45) is 1.95. The molecule has 6 heteroatoms. The number of fused-ring (bicyclic) bond motifs is 1. The van der Waals surface area contributed by atoms with Gasteiger partial charge in [-0.3, -0.25) is 4.79 Å². The van der Waals surface area contributed by atoms with E-state index in [1.165, 1.54) is 0 Å². The molecule has 2 N–H and O–H groups in total. The molecule has 0 radical (unpaired) electrons. The first-order valence-electron chi connectivity index (χ1n) is 8.22. The number of hydrogen-bond donors (Lipinski definition) is 1. The van der Waals surface area contributed by atoms with E-state index >= 15 is 0 Å². The van der Waals surface area contributed by atoms with Gasteiger partial charge in [-0.2, -0.15) is 0 Å². The molecule has 0 spiro atoms. The minimum Gasteiger partial charge on any atom is -0.368 e. The van der Waals surface area contributed by atoms with E-state index in [0.717, 1.165) is 33.9 Å². The topological polar surface area (TPSA) is 72.1 Å². The molecule has 1 aliphatic heterocycles. The summed E-state index contributed by atoms with van der Waals surface area (Å²) in [5, 5.41) is 0.754. The summed E-state index contributed by atoms with van der Waals surface area (Å²) in [5.41, 5.74) is 8.10. The second-order valence-electron chi connectivity index (χ2n) is 6.16. The summed E-state index contributed by atoms with van der Waals surface area (Å²) < 4.78 is 1.04. The number of halogens is 1. The lowest BCUT2D eigenvalue weighted by Gasteiger charge is -2.25. The molecular weight excluding hydrogens is 427 g/mol. The Morgan fingerprint density at radius 2 is 1.96 bits per heavy atom. The molecule has 2 aromatic carbocycles. The van der Waals surface area contributed by atoms with Gasteiger partial charge in [0.15, 0.2) is 0 Å². The van der Waals surface area contributed by atoms with Gasteiger partial charge in [-0.15, -0.1) is 0 Å². The van der Waals surface area contributed by atoms with Crippen molar-refractivity contribution in [1.29, 1.82) is 0 Å². The minimum absolute atomic E-state index is 0.0764. The Morgan fingerprint density at radius 1 is 1.16 bits per heavy atom. The van der Waals surface area contributed by atoms with Gasteiger partial charge >= 0.3 is 0 Å². The van der Waals surface area contributed by atoms with E-state index in [0.29, 0.717) is 11.2 Å². The standard InChI is InChI=1S/C19H17IN4O/c20-13-8-9-15-14(11-13)17(23-19(21)22-15)18(25)24-10-4-7-16(24)12-5-2-1-3-6-12/h1-3,5-6,8-9,11,16H,4,7,10H2,(H2,21,22,23). The lowest BCUT2D eigenvalue weighted by Crippen LogP contribution is -2.31. The normalized spacial score (nSPS) is 17.2. The van der Waals surface area contributed by atoms with E-state index in [1.54, 1.807) is 0 Å². The molecule has 1 unspecified atom stereocenters. The first-order valence-corrected chi connectivity index (χ1v) is 9.30. The van der Waals surface area contributed by atoms with Crippen molar-refractivity contribution in [2.75, 3.05) is 12.3 Å². The van der Waals surface area contributed by atoms with Crippen molar-refractivity contribution in [3.63, 3.8) is 0 Å². The highest BCUT2D eigenvalue weighted by atomic mass is 127. The van der Waals surface area contributed by atoms with Gasteiger partial charge in [0.1, 0.15) is 5.69 Å². The van der Waals surface area contributed by atoms with Crippen LogP contribution in [-0.4, -0.2) is 27.3 Å². The zero-order valence-corrected chi connectivity index (χ0v) is 15.7. The first kappa shape index (κ1) is 16.3. The Balaban J connectivity index is 1.78. The Kier molecular flexibility index (Phi) is 4.29. The van der Waals surface area contributed by atoms with E-state index in [9.17, 15) is 4.79 Å². The molecule has 1 fully saturated rings. The number of rotatable bonds is 2. The number of hydrogen-bond acceptors (Lipinski definition) is 4. The Bertz CT molecular complexity index is 945. The fourth-order valence-electron chi connectivity index (χ4n) is 3.45. The third-order valence-electron chi connectivity index (χ3n) is 4.58. The molecular formula is C19H17IN4O. The van der Waals surface area contributed by atoms with Crippen molar-refractivity contribution < 1.29 is 4.79 Å². The van der Waals surface area contributed by atoms with Crippen LogP contribution in [0.2, 0.25) is 0 Å². The number of nitrogen functional groups attached to an aromatic ring is 1. The number of aromatic nitrogens is 2. The van der Waals surface area contributed by atoms with Crippen molar-refractivity contribution in [3.8, 4) is 0 Å². The number of nitrogens with two attached hydrogens (primary N) is 1. The average molecular weight is 444 g/mol. The highest BCUT2D eigenvalue weighted by molar-refractivity contribution is 14.1. The van der Waals surface area contributed by atoms with Crippen molar-refractivity contribution in [2.45, 2.75) is 18.9 Å². The van der Waals surface area contributed by atoms with Crippen molar-refractivity contribution in [1.82, 2.24) is 14.9 Å². The predicted octanol–water partition coefficient (Wildman–Crippen LogP) is 3.79. The van der Waals surface area contributed by atoms with Gasteiger partial charge in [-0.1, -0.05) is 30.3 Å². The van der Waals surface area contributed by atoms with E-state index in [1.807, 2.05) is 41.3 Å². The van der Waals surface area contributed by atoms with E-state index < -0.39 is 0 Å². The largest absolute Gasteiger partial charge is 0.368 e. The Morgan fingerprint density at radius 3 is 2.76 bits per heavy atom. The van der Waals surface area contributed by atoms with E-state index in [2.05, 4.69) is 44.7 Å². The van der Waals surface area contributed by atoms with E-state index in [4.69, 9.17) is 5.73 Å². The molecule has 25 heavy (non-hydrogen) atoms. The molecule has 3 aromatic rings. The van der Waals surface area contributed by atoms with Crippen LogP contribution in [0.25, 0.3) is 10.9 Å². The van der Waals surface area contributed by atoms with Crippen LogP contribution in [0, 0.1) is 3.57 Å². The van der Waals surface area contributed by atoms with Gasteiger partial charge in [-0.25, -0.2) is 9.97 Å². The first-order chi connectivity index (χ1) is 12.1. The molecule has 1 amide bonds. The maximum atomic E-state index is 13.3. The number of carbonyl (C=O) groups is 1. The molecule has 1 aromatic heterocycles. The van der Waals surface area contributed by atoms with Crippen LogP contribution in [0.4, 0.5) is 5.95 Å². The highest BCUT2D eigenvalue weighted by Gasteiger charge is 2.32. The lowest BCUT2D eigenvalue weighted by atomic mass is 10.0. The van der Waals surface area contributed by atoms with Gasteiger partial charge in [-0.05, 0) is 59.2 Å². The smallest absolute Gasteiger partial charge is 0.273 e. The number of nitrogens with zero attached hydrogens (tertiary/aromatic N) is 3. The number of anilines is 1. The number of amides is 1. The number of likely N-dealkylation sites (tertiary alicyclic amines) is 1. The maximum absolute atomic E-state index is 13.3. The average Bonchev–Trinajstić information content (AvgIpc) is 3.11. The summed E-state index contributed by atoms with van der Waals surface area (Å²) in [5.74, 6) is 0.0555. The molecule has 126 valence electrons. The summed E-state index contributed by atoms with van der Waals surface area (Å²) in [6, 6.07) is 16.0. The maximum Gasteiger partial charge on any atom is 0.273 e. The zero-order chi connectivity index (χ0) is 17.4. The van der Waals surface area contributed by atoms with Crippen LogP contribution in [0.1, 0.15) is 34.9 Å². The van der Waals surface area contributed by atoms with Crippen molar-refractivity contribution in [2.24, 2.45) is 0 Å². The number of carbonyl (C=O) groups excluding carboxylic acids is 1. The van der Waals surface area contributed by atoms with Gasteiger partial charge in [0.25, 0.3) is 5.91 Å². The van der Waals surface area contributed by atoms with Crippen LogP contribution >= 0.6 is 22.6 Å². The summed E-state index contributed by atoms with van der Waals surface area (Å²) in [7, 11) is 0. The van der Waals surface area contributed by atoms with Crippen molar-refractivity contribution in [3.05, 3.63) is 63.4 Å². The summed E-state index contributed by atoms with van der Waals surface area (Å²) in [6.45, 7) is 0.730. The zero-order valence-electron chi connectivity index (χ0n) is 13.5. The quantitative estimate of drug-likeness (QED) is 0.611. The van der Waals surface area contributed by atoms with Gasteiger partial charge < -0.3 is 10.6 Å². The SMILES string of the molecule is Nc1nc(C(=O)N2CCCC2c2ccccc2)c2cc(I)ccc2n1. The van der Waals surface area contributed by atoms with Crippen molar-refractivity contribution >= 4 is 45.3 Å². The summed E-state index contributed by atoms with van der Waals surface area (Å²) in [4.78, 5) is 23.7. The van der Waals surface area contributed by atoms with Gasteiger partial charge in [0.05, 0.1) is 11.6 Å². The number of benzene rings is 2. The molecule has 2 heterocycles. The van der Waals surface area contributed by atoms with Crippen LogP contribution in [0.5, 0.6) is 0 Å². The monoisotopic (exact) mass is 444 g/mol. The third kappa shape index (κ3) is 3.06. The molecule has 4 rings (SSSR count). The predicted molar refractivity (Wildman–Crippen MR) is 106 cm³/mol. The molecule has 0 saturated carbocycles. The fraction of sp³-hybridized carbons (Fsp3) is 0.211. The Labute approximate surface area is 159 Å². The van der Waals surface area contributed by atoms with Gasteiger partial charge in [0.2, 0.25) is 5.95 Å². The van der Waals surface area contributed by atoms with E-state index in [-0.39, 0.29) is 17.9 Å². The molecule has 0 aliphatic carbocycles. The van der Waals surface area contributed by atoms with Crippen LogP contribution < -0.4 is 5.73 Å². The molecule has 5 nitrogen and oxygen atoms in total. The summed E-state index contributed by atoms with van der Waals surface area (Å²) >= 11 is 2.23. The molecule has 1 saturated heterocycles. The molecule has 1 aliphatic rings. The fourth-order valence-corrected chi connectivity index (χ4v) is 3.94. The second-order valence-corrected chi connectivity index (χ2v) is 7.40. The second kappa shape index (κ2) is 6.59. The minimum atomic E-state index is -0.0764. The molecule has 1 atom stereocenters. The Hall–Kier alpha value is -2.22. The van der Waals surface area contributed by atoms with Crippen LogP contribution in [0.3, 0.4) is 0 Å². The van der Waals surface area contributed by atoms with Crippen LogP contribution in [-0.2, 0) is 0 Å². The van der Waals surface area contributed by atoms with Crippen LogP contribution in [0.15, 0.2) is 48.5 Å². The molecule has 0 bridgehead atoms. The third-order valence-corrected chi connectivity index (χ3v) is 5.25. The lowest BCUT2D eigenvalue weighted by molar-refractivity contribution is 0.0732. The van der Waals surface area contributed by atoms with Gasteiger partial charge in [0, 0.05) is 15.5 Å².